The van der Waals surface area contributed by atoms with Crippen LogP contribution in [0.5, 0.6) is 17.2 Å². The number of para-hydroxylation sites is 2. The lowest BCUT2D eigenvalue weighted by Crippen LogP contribution is -2.38. The Bertz CT molecular complexity index is 915. The van der Waals surface area contributed by atoms with Crippen molar-refractivity contribution in [2.45, 2.75) is 39.7 Å². The standard InChI is InChI=1S/C24H30N2O5/c1-4-29-21-11-10-18(16-22(21)30-5-2)17(3)25-23(27)12-13-24(28)26-14-15-31-20-9-7-6-8-19(20)26/h6-11,16-17H,4-5,12-15H2,1-3H3,(H,25,27). The first-order valence-corrected chi connectivity index (χ1v) is 10.7. The molecule has 0 aliphatic carbocycles. The van der Waals surface area contributed by atoms with Crippen LogP contribution >= 0.6 is 0 Å². The van der Waals surface area contributed by atoms with Gasteiger partial charge < -0.3 is 24.4 Å². The molecule has 1 aliphatic rings. The van der Waals surface area contributed by atoms with E-state index in [1.807, 2.05) is 63.2 Å². The summed E-state index contributed by atoms with van der Waals surface area (Å²) in [7, 11) is 0. The number of carbonyl (C=O) groups is 2. The number of hydrogen-bond donors (Lipinski definition) is 1. The van der Waals surface area contributed by atoms with Crippen molar-refractivity contribution < 1.29 is 23.8 Å². The minimum Gasteiger partial charge on any atom is -0.490 e. The minimum atomic E-state index is -0.221. The van der Waals surface area contributed by atoms with E-state index < -0.39 is 0 Å². The number of anilines is 1. The van der Waals surface area contributed by atoms with Gasteiger partial charge in [-0.3, -0.25) is 9.59 Å². The zero-order valence-electron chi connectivity index (χ0n) is 18.3. The Hall–Kier alpha value is -3.22. The van der Waals surface area contributed by atoms with Gasteiger partial charge in [-0.05, 0) is 50.6 Å². The van der Waals surface area contributed by atoms with Gasteiger partial charge in [0.2, 0.25) is 11.8 Å². The summed E-state index contributed by atoms with van der Waals surface area (Å²) in [6.07, 6.45) is 0.262. The summed E-state index contributed by atoms with van der Waals surface area (Å²) in [5, 5.41) is 2.96. The highest BCUT2D eigenvalue weighted by Crippen LogP contribution is 2.32. The topological polar surface area (TPSA) is 77.1 Å². The first kappa shape index (κ1) is 22.5. The van der Waals surface area contributed by atoms with E-state index in [2.05, 4.69) is 5.32 Å². The van der Waals surface area contributed by atoms with E-state index in [1.54, 1.807) is 4.90 Å². The van der Waals surface area contributed by atoms with Crippen LogP contribution in [0.3, 0.4) is 0 Å². The molecule has 2 aromatic carbocycles. The van der Waals surface area contributed by atoms with Gasteiger partial charge in [0, 0.05) is 12.8 Å². The van der Waals surface area contributed by atoms with Gasteiger partial charge in [0.1, 0.15) is 12.4 Å². The smallest absolute Gasteiger partial charge is 0.227 e. The van der Waals surface area contributed by atoms with Crippen LogP contribution in [-0.4, -0.2) is 38.2 Å². The molecule has 0 bridgehead atoms. The summed E-state index contributed by atoms with van der Waals surface area (Å²) in [5.41, 5.74) is 1.67. The highest BCUT2D eigenvalue weighted by atomic mass is 16.5. The predicted molar refractivity (Wildman–Crippen MR) is 119 cm³/mol. The van der Waals surface area contributed by atoms with Gasteiger partial charge in [0.25, 0.3) is 0 Å². The number of carbonyl (C=O) groups excluding carboxylic acids is 2. The Balaban J connectivity index is 1.56. The minimum absolute atomic E-state index is 0.0850. The molecule has 2 amide bonds. The normalized spacial score (nSPS) is 13.6. The van der Waals surface area contributed by atoms with E-state index >= 15 is 0 Å². The average Bonchev–Trinajstić information content (AvgIpc) is 2.78. The lowest BCUT2D eigenvalue weighted by atomic mass is 10.1. The van der Waals surface area contributed by atoms with Crippen LogP contribution in [0, 0.1) is 0 Å². The summed E-state index contributed by atoms with van der Waals surface area (Å²) >= 11 is 0. The maximum atomic E-state index is 12.7. The summed E-state index contributed by atoms with van der Waals surface area (Å²) in [4.78, 5) is 26.9. The van der Waals surface area contributed by atoms with Crippen molar-refractivity contribution in [3.63, 3.8) is 0 Å². The fourth-order valence-corrected chi connectivity index (χ4v) is 3.52. The molecule has 0 radical (unpaired) electrons. The number of benzene rings is 2. The van der Waals surface area contributed by atoms with Gasteiger partial charge in [-0.1, -0.05) is 18.2 Å². The predicted octanol–water partition coefficient (Wildman–Crippen LogP) is 3.87. The molecule has 3 rings (SSSR count). The van der Waals surface area contributed by atoms with Crippen LogP contribution in [0.2, 0.25) is 0 Å². The van der Waals surface area contributed by atoms with Crippen LogP contribution < -0.4 is 24.4 Å². The third kappa shape index (κ3) is 5.69. The number of fused-ring (bicyclic) bond motifs is 1. The first-order chi connectivity index (χ1) is 15.0. The van der Waals surface area contributed by atoms with Gasteiger partial charge in [0.05, 0.1) is 31.5 Å². The van der Waals surface area contributed by atoms with E-state index in [4.69, 9.17) is 14.2 Å². The van der Waals surface area contributed by atoms with Crippen molar-refractivity contribution in [2.24, 2.45) is 0 Å². The zero-order valence-corrected chi connectivity index (χ0v) is 18.3. The SMILES string of the molecule is CCOc1ccc(C(C)NC(=O)CCC(=O)N2CCOc3ccccc32)cc1OCC. The molecule has 7 heteroatoms. The second-order valence-electron chi connectivity index (χ2n) is 7.22. The third-order valence-corrected chi connectivity index (χ3v) is 5.04. The lowest BCUT2D eigenvalue weighted by molar-refractivity contribution is -0.125. The van der Waals surface area contributed by atoms with E-state index in [9.17, 15) is 9.59 Å². The molecule has 1 aliphatic heterocycles. The van der Waals surface area contributed by atoms with E-state index in [0.717, 1.165) is 11.3 Å². The lowest BCUT2D eigenvalue weighted by Gasteiger charge is -2.29. The van der Waals surface area contributed by atoms with Crippen molar-refractivity contribution >= 4 is 17.5 Å². The summed E-state index contributed by atoms with van der Waals surface area (Å²) in [5.74, 6) is 1.78. The fraction of sp³-hybridized carbons (Fsp3) is 0.417. The monoisotopic (exact) mass is 426 g/mol. The Morgan fingerprint density at radius 1 is 1.06 bits per heavy atom. The van der Waals surface area contributed by atoms with Crippen LogP contribution in [0.15, 0.2) is 42.5 Å². The highest BCUT2D eigenvalue weighted by molar-refractivity contribution is 5.97. The van der Waals surface area contributed by atoms with Gasteiger partial charge in [-0.15, -0.1) is 0 Å². The number of ether oxygens (including phenoxy) is 3. The largest absolute Gasteiger partial charge is 0.490 e. The molecule has 0 fully saturated rings. The number of hydrogen-bond acceptors (Lipinski definition) is 5. The van der Waals surface area contributed by atoms with Crippen molar-refractivity contribution in [3.05, 3.63) is 48.0 Å². The van der Waals surface area contributed by atoms with Crippen molar-refractivity contribution in [3.8, 4) is 17.2 Å². The Labute approximate surface area is 183 Å². The number of rotatable bonds is 9. The van der Waals surface area contributed by atoms with Gasteiger partial charge in [-0.2, -0.15) is 0 Å². The molecule has 1 heterocycles. The summed E-state index contributed by atoms with van der Waals surface area (Å²) < 4.78 is 16.8. The van der Waals surface area contributed by atoms with E-state index in [-0.39, 0.29) is 30.7 Å². The number of nitrogens with one attached hydrogen (secondary N) is 1. The molecule has 166 valence electrons. The van der Waals surface area contributed by atoms with Crippen LogP contribution in [0.4, 0.5) is 5.69 Å². The Morgan fingerprint density at radius 2 is 1.81 bits per heavy atom. The van der Waals surface area contributed by atoms with Crippen molar-refractivity contribution in [1.29, 1.82) is 0 Å². The second-order valence-corrected chi connectivity index (χ2v) is 7.22. The van der Waals surface area contributed by atoms with E-state index in [0.29, 0.717) is 43.6 Å². The van der Waals surface area contributed by atoms with Crippen molar-refractivity contribution in [1.82, 2.24) is 5.32 Å². The average molecular weight is 427 g/mol. The number of nitrogens with zero attached hydrogens (tertiary/aromatic N) is 1. The van der Waals surface area contributed by atoms with Crippen LogP contribution in [-0.2, 0) is 9.59 Å². The molecule has 2 aromatic rings. The van der Waals surface area contributed by atoms with Crippen molar-refractivity contribution in [2.75, 3.05) is 31.3 Å². The molecule has 1 N–H and O–H groups in total. The first-order valence-electron chi connectivity index (χ1n) is 10.7. The molecular formula is C24H30N2O5. The maximum absolute atomic E-state index is 12.7. The molecular weight excluding hydrogens is 396 g/mol. The Morgan fingerprint density at radius 3 is 2.58 bits per heavy atom. The zero-order chi connectivity index (χ0) is 22.2. The Kier molecular flexibility index (Phi) is 7.76. The fourth-order valence-electron chi connectivity index (χ4n) is 3.52. The molecule has 1 unspecified atom stereocenters. The highest BCUT2D eigenvalue weighted by Gasteiger charge is 2.24. The quantitative estimate of drug-likeness (QED) is 0.659. The summed E-state index contributed by atoms with van der Waals surface area (Å²) in [6.45, 7) is 7.75. The third-order valence-electron chi connectivity index (χ3n) is 5.04. The maximum Gasteiger partial charge on any atom is 0.227 e. The van der Waals surface area contributed by atoms with Gasteiger partial charge in [0.15, 0.2) is 11.5 Å². The van der Waals surface area contributed by atoms with Crippen LogP contribution in [0.1, 0.15) is 45.2 Å². The number of amides is 2. The molecule has 0 saturated heterocycles. The van der Waals surface area contributed by atoms with Crippen LogP contribution in [0.25, 0.3) is 0 Å². The second kappa shape index (κ2) is 10.7. The summed E-state index contributed by atoms with van der Waals surface area (Å²) in [6, 6.07) is 12.9. The van der Waals surface area contributed by atoms with Gasteiger partial charge >= 0.3 is 0 Å². The van der Waals surface area contributed by atoms with E-state index in [1.165, 1.54) is 0 Å². The molecule has 0 spiro atoms. The molecule has 0 saturated carbocycles. The molecule has 0 aromatic heterocycles. The molecule has 1 atom stereocenters. The molecule has 7 nitrogen and oxygen atoms in total. The van der Waals surface area contributed by atoms with Gasteiger partial charge in [-0.25, -0.2) is 0 Å². The molecule has 31 heavy (non-hydrogen) atoms.